The Morgan fingerprint density at radius 1 is 1.44 bits per heavy atom. The molecular weight excluding hydrogens is 202 g/mol. The summed E-state index contributed by atoms with van der Waals surface area (Å²) in [5, 5.41) is 2.81. The number of aryl methyl sites for hydroxylation is 1. The first-order valence-electron chi connectivity index (χ1n) is 5.06. The van der Waals surface area contributed by atoms with Crippen LogP contribution in [0.3, 0.4) is 0 Å². The molecule has 0 bridgehead atoms. The molecule has 0 unspecified atom stereocenters. The SMILES string of the molecule is Cn1ccc(CNC(=O)c2ccccn2)c1. The minimum absolute atomic E-state index is 0.149. The van der Waals surface area contributed by atoms with Crippen molar-refractivity contribution in [1.82, 2.24) is 14.9 Å². The summed E-state index contributed by atoms with van der Waals surface area (Å²) in [7, 11) is 1.95. The van der Waals surface area contributed by atoms with Gasteiger partial charge in [-0.05, 0) is 23.8 Å². The lowest BCUT2D eigenvalue weighted by atomic mass is 10.3. The summed E-state index contributed by atoms with van der Waals surface area (Å²) in [4.78, 5) is 15.6. The number of carbonyl (C=O) groups excluding carboxylic acids is 1. The van der Waals surface area contributed by atoms with E-state index < -0.39 is 0 Å². The van der Waals surface area contributed by atoms with Gasteiger partial charge in [0.1, 0.15) is 5.69 Å². The van der Waals surface area contributed by atoms with Crippen molar-refractivity contribution in [2.45, 2.75) is 6.54 Å². The molecule has 2 aromatic rings. The van der Waals surface area contributed by atoms with Crippen LogP contribution < -0.4 is 5.32 Å². The summed E-state index contributed by atoms with van der Waals surface area (Å²) >= 11 is 0. The third-order valence-corrected chi connectivity index (χ3v) is 2.24. The maximum atomic E-state index is 11.6. The van der Waals surface area contributed by atoms with E-state index in [0.29, 0.717) is 12.2 Å². The lowest BCUT2D eigenvalue weighted by molar-refractivity contribution is 0.0946. The van der Waals surface area contributed by atoms with Gasteiger partial charge in [0.25, 0.3) is 5.91 Å². The topological polar surface area (TPSA) is 46.9 Å². The van der Waals surface area contributed by atoms with Crippen LogP contribution in [0.1, 0.15) is 16.1 Å². The second kappa shape index (κ2) is 4.61. The molecule has 0 aliphatic carbocycles. The quantitative estimate of drug-likeness (QED) is 0.840. The molecule has 0 saturated heterocycles. The molecule has 2 aromatic heterocycles. The third-order valence-electron chi connectivity index (χ3n) is 2.24. The monoisotopic (exact) mass is 215 g/mol. The Labute approximate surface area is 93.9 Å². The van der Waals surface area contributed by atoms with Crippen LogP contribution in [0.25, 0.3) is 0 Å². The van der Waals surface area contributed by atoms with Crippen LogP contribution in [-0.4, -0.2) is 15.5 Å². The lowest BCUT2D eigenvalue weighted by Crippen LogP contribution is -2.23. The molecule has 2 rings (SSSR count). The van der Waals surface area contributed by atoms with Gasteiger partial charge < -0.3 is 9.88 Å². The molecule has 0 aliphatic heterocycles. The van der Waals surface area contributed by atoms with E-state index in [9.17, 15) is 4.79 Å². The summed E-state index contributed by atoms with van der Waals surface area (Å²) in [5.41, 5.74) is 1.52. The van der Waals surface area contributed by atoms with Crippen molar-refractivity contribution in [1.29, 1.82) is 0 Å². The Bertz CT molecular complexity index is 476. The van der Waals surface area contributed by atoms with E-state index in [1.54, 1.807) is 24.4 Å². The van der Waals surface area contributed by atoms with Crippen molar-refractivity contribution in [2.75, 3.05) is 0 Å². The fraction of sp³-hybridized carbons (Fsp3) is 0.167. The maximum Gasteiger partial charge on any atom is 0.270 e. The minimum atomic E-state index is -0.149. The first kappa shape index (κ1) is 10.4. The van der Waals surface area contributed by atoms with Crippen LogP contribution in [0.15, 0.2) is 42.9 Å². The van der Waals surface area contributed by atoms with E-state index in [1.165, 1.54) is 0 Å². The normalized spacial score (nSPS) is 10.1. The van der Waals surface area contributed by atoms with Crippen molar-refractivity contribution >= 4 is 5.91 Å². The van der Waals surface area contributed by atoms with E-state index in [0.717, 1.165) is 5.56 Å². The number of nitrogens with one attached hydrogen (secondary N) is 1. The number of nitrogens with zero attached hydrogens (tertiary/aromatic N) is 2. The Hall–Kier alpha value is -2.10. The van der Waals surface area contributed by atoms with Crippen molar-refractivity contribution in [3.05, 3.63) is 54.1 Å². The standard InChI is InChI=1S/C12H13N3O/c1-15-7-5-10(9-15)8-14-12(16)11-4-2-3-6-13-11/h2-7,9H,8H2,1H3,(H,14,16). The zero-order chi connectivity index (χ0) is 11.4. The van der Waals surface area contributed by atoms with Gasteiger partial charge in [0.05, 0.1) is 0 Å². The number of amides is 1. The number of hydrogen-bond acceptors (Lipinski definition) is 2. The van der Waals surface area contributed by atoms with Gasteiger partial charge in [-0.25, -0.2) is 0 Å². The molecular formula is C12H13N3O. The third kappa shape index (κ3) is 2.48. The number of pyridine rings is 1. The largest absolute Gasteiger partial charge is 0.357 e. The van der Waals surface area contributed by atoms with Gasteiger partial charge in [-0.2, -0.15) is 0 Å². The molecule has 2 heterocycles. The van der Waals surface area contributed by atoms with Crippen LogP contribution in [-0.2, 0) is 13.6 Å². The smallest absolute Gasteiger partial charge is 0.270 e. The highest BCUT2D eigenvalue weighted by Gasteiger charge is 2.05. The molecule has 0 atom stereocenters. The summed E-state index contributed by atoms with van der Waals surface area (Å²) in [6, 6.07) is 7.25. The summed E-state index contributed by atoms with van der Waals surface area (Å²) in [6.45, 7) is 0.524. The predicted molar refractivity (Wildman–Crippen MR) is 60.8 cm³/mol. The molecule has 0 aliphatic rings. The second-order valence-corrected chi connectivity index (χ2v) is 3.58. The van der Waals surface area contributed by atoms with E-state index in [2.05, 4.69) is 10.3 Å². The van der Waals surface area contributed by atoms with Gasteiger partial charge in [0, 0.05) is 32.2 Å². The Balaban J connectivity index is 1.94. The van der Waals surface area contributed by atoms with Crippen LogP contribution >= 0.6 is 0 Å². The molecule has 0 aromatic carbocycles. The van der Waals surface area contributed by atoms with Crippen LogP contribution in [0.2, 0.25) is 0 Å². The molecule has 0 fully saturated rings. The van der Waals surface area contributed by atoms with Gasteiger partial charge in [-0.3, -0.25) is 9.78 Å². The molecule has 1 amide bonds. The van der Waals surface area contributed by atoms with Crippen molar-refractivity contribution in [3.63, 3.8) is 0 Å². The molecule has 0 spiro atoms. The van der Waals surface area contributed by atoms with Crippen LogP contribution in [0.4, 0.5) is 0 Å². The van der Waals surface area contributed by atoms with Gasteiger partial charge in [-0.1, -0.05) is 6.07 Å². The maximum absolute atomic E-state index is 11.6. The predicted octanol–water partition coefficient (Wildman–Crippen LogP) is 1.35. The van der Waals surface area contributed by atoms with E-state index in [4.69, 9.17) is 0 Å². The summed E-state index contributed by atoms with van der Waals surface area (Å²) in [5.74, 6) is -0.149. The average Bonchev–Trinajstić information content (AvgIpc) is 2.73. The van der Waals surface area contributed by atoms with Gasteiger partial charge >= 0.3 is 0 Å². The van der Waals surface area contributed by atoms with Gasteiger partial charge in [0.15, 0.2) is 0 Å². The van der Waals surface area contributed by atoms with Crippen molar-refractivity contribution in [2.24, 2.45) is 7.05 Å². The van der Waals surface area contributed by atoms with Crippen molar-refractivity contribution < 1.29 is 4.79 Å². The zero-order valence-electron chi connectivity index (χ0n) is 9.05. The molecule has 0 radical (unpaired) electrons. The number of rotatable bonds is 3. The molecule has 0 saturated carbocycles. The highest BCUT2D eigenvalue weighted by atomic mass is 16.1. The fourth-order valence-corrected chi connectivity index (χ4v) is 1.44. The van der Waals surface area contributed by atoms with E-state index in [1.807, 2.05) is 30.1 Å². The summed E-state index contributed by atoms with van der Waals surface area (Å²) < 4.78 is 1.95. The number of hydrogen-bond donors (Lipinski definition) is 1. The molecule has 16 heavy (non-hydrogen) atoms. The minimum Gasteiger partial charge on any atom is -0.357 e. The van der Waals surface area contributed by atoms with Gasteiger partial charge in [0.2, 0.25) is 0 Å². The van der Waals surface area contributed by atoms with E-state index >= 15 is 0 Å². The Morgan fingerprint density at radius 3 is 2.94 bits per heavy atom. The number of carbonyl (C=O) groups is 1. The summed E-state index contributed by atoms with van der Waals surface area (Å²) in [6.07, 6.45) is 5.53. The first-order chi connectivity index (χ1) is 7.75. The first-order valence-corrected chi connectivity index (χ1v) is 5.06. The molecule has 4 heteroatoms. The fourth-order valence-electron chi connectivity index (χ4n) is 1.44. The highest BCUT2D eigenvalue weighted by molar-refractivity contribution is 5.92. The van der Waals surface area contributed by atoms with Crippen molar-refractivity contribution in [3.8, 4) is 0 Å². The highest BCUT2D eigenvalue weighted by Crippen LogP contribution is 1.99. The average molecular weight is 215 g/mol. The second-order valence-electron chi connectivity index (χ2n) is 3.58. The molecule has 4 nitrogen and oxygen atoms in total. The Morgan fingerprint density at radius 2 is 2.31 bits per heavy atom. The lowest BCUT2D eigenvalue weighted by Gasteiger charge is -2.02. The zero-order valence-corrected chi connectivity index (χ0v) is 9.05. The van der Waals surface area contributed by atoms with Crippen LogP contribution in [0.5, 0.6) is 0 Å². The molecule has 82 valence electrons. The molecule has 1 N–H and O–H groups in total. The number of aromatic nitrogens is 2. The van der Waals surface area contributed by atoms with Crippen LogP contribution in [0, 0.1) is 0 Å². The van der Waals surface area contributed by atoms with Gasteiger partial charge in [-0.15, -0.1) is 0 Å². The Kier molecular flexibility index (Phi) is 3.00. The van der Waals surface area contributed by atoms with E-state index in [-0.39, 0.29) is 5.91 Å².